The van der Waals surface area contributed by atoms with Crippen LogP contribution in [0.15, 0.2) is 45.3 Å². The van der Waals surface area contributed by atoms with E-state index in [-0.39, 0.29) is 4.90 Å². The van der Waals surface area contributed by atoms with E-state index in [9.17, 15) is 8.42 Å². The molecule has 0 fully saturated rings. The van der Waals surface area contributed by atoms with Crippen molar-refractivity contribution in [3.05, 3.63) is 30.6 Å². The largest absolute Gasteiger partial charge is 0.398 e. The normalized spacial score (nSPS) is 11.7. The summed E-state index contributed by atoms with van der Waals surface area (Å²) < 4.78 is 24.5. The number of aromatic nitrogens is 2. The molecule has 0 saturated heterocycles. The van der Waals surface area contributed by atoms with Gasteiger partial charge in [-0.15, -0.1) is 0 Å². The third-order valence-corrected chi connectivity index (χ3v) is 4.47. The molecule has 0 atom stereocenters. The highest BCUT2D eigenvalue weighted by molar-refractivity contribution is 7.99. The van der Waals surface area contributed by atoms with Crippen molar-refractivity contribution in [3.8, 4) is 0 Å². The Bertz CT molecular complexity index is 677. The summed E-state index contributed by atoms with van der Waals surface area (Å²) in [6.45, 7) is 0. The molecule has 1 heterocycles. The lowest BCUT2D eigenvalue weighted by molar-refractivity contribution is 0.602. The molecule has 0 radical (unpaired) electrons. The molecule has 0 unspecified atom stereocenters. The molecule has 96 valence electrons. The highest BCUT2D eigenvalue weighted by atomic mass is 32.2. The quantitative estimate of drug-likeness (QED) is 0.865. The molecule has 5 nitrogen and oxygen atoms in total. The van der Waals surface area contributed by atoms with Crippen LogP contribution in [-0.2, 0) is 16.9 Å². The van der Waals surface area contributed by atoms with Crippen LogP contribution >= 0.6 is 11.8 Å². The van der Waals surface area contributed by atoms with Crippen LogP contribution in [0.1, 0.15) is 0 Å². The minimum atomic E-state index is -3.22. The first-order chi connectivity index (χ1) is 8.36. The summed E-state index contributed by atoms with van der Waals surface area (Å²) in [6.07, 6.45) is 4.76. The Kier molecular flexibility index (Phi) is 3.36. The Morgan fingerprint density at radius 2 is 2.11 bits per heavy atom. The second kappa shape index (κ2) is 4.66. The van der Waals surface area contributed by atoms with Crippen LogP contribution in [-0.4, -0.2) is 24.5 Å². The number of anilines is 1. The Balaban J connectivity index is 2.31. The van der Waals surface area contributed by atoms with E-state index in [0.29, 0.717) is 5.69 Å². The fourth-order valence-electron chi connectivity index (χ4n) is 1.43. The number of nitrogens with two attached hydrogens (primary N) is 1. The first-order valence-corrected chi connectivity index (χ1v) is 7.83. The predicted molar refractivity (Wildman–Crippen MR) is 71.3 cm³/mol. The molecule has 2 N–H and O–H groups in total. The van der Waals surface area contributed by atoms with Gasteiger partial charge in [0.25, 0.3) is 0 Å². The van der Waals surface area contributed by atoms with Crippen molar-refractivity contribution in [2.24, 2.45) is 7.05 Å². The van der Waals surface area contributed by atoms with E-state index >= 15 is 0 Å². The van der Waals surface area contributed by atoms with Gasteiger partial charge in [0.05, 0.1) is 16.0 Å². The molecule has 0 aliphatic carbocycles. The Morgan fingerprint density at radius 3 is 2.61 bits per heavy atom. The van der Waals surface area contributed by atoms with Gasteiger partial charge in [-0.2, -0.15) is 5.10 Å². The zero-order chi connectivity index (χ0) is 13.3. The smallest absolute Gasteiger partial charge is 0.175 e. The fourth-order valence-corrected chi connectivity index (χ4v) is 2.96. The van der Waals surface area contributed by atoms with E-state index in [2.05, 4.69) is 5.10 Å². The fraction of sp³-hybridized carbons (Fsp3) is 0.182. The monoisotopic (exact) mass is 283 g/mol. The molecule has 2 aromatic rings. The maximum atomic E-state index is 11.4. The van der Waals surface area contributed by atoms with Crippen LogP contribution in [0.5, 0.6) is 0 Å². The van der Waals surface area contributed by atoms with Crippen LogP contribution < -0.4 is 5.73 Å². The molecule has 1 aromatic heterocycles. The van der Waals surface area contributed by atoms with Crippen molar-refractivity contribution < 1.29 is 8.42 Å². The number of sulfone groups is 1. The average molecular weight is 283 g/mol. The minimum absolute atomic E-state index is 0.232. The Labute approximate surface area is 110 Å². The zero-order valence-electron chi connectivity index (χ0n) is 9.99. The third-order valence-electron chi connectivity index (χ3n) is 2.32. The van der Waals surface area contributed by atoms with Crippen molar-refractivity contribution in [2.45, 2.75) is 14.7 Å². The number of nitrogens with zero attached hydrogens (tertiary/aromatic N) is 2. The molecule has 7 heteroatoms. The van der Waals surface area contributed by atoms with Crippen molar-refractivity contribution >= 4 is 27.3 Å². The minimum Gasteiger partial charge on any atom is -0.398 e. The number of nitrogen functional groups attached to an aromatic ring is 1. The van der Waals surface area contributed by atoms with Crippen LogP contribution in [0.3, 0.4) is 0 Å². The molecular formula is C11H13N3O2S2. The van der Waals surface area contributed by atoms with E-state index in [1.165, 1.54) is 17.8 Å². The SMILES string of the molecule is Cn1cc(Sc2ccc(S(C)(=O)=O)cc2N)cn1. The number of benzene rings is 1. The summed E-state index contributed by atoms with van der Waals surface area (Å²) in [6, 6.07) is 4.75. The number of rotatable bonds is 3. The Morgan fingerprint density at radius 1 is 1.39 bits per heavy atom. The molecule has 0 amide bonds. The molecule has 18 heavy (non-hydrogen) atoms. The van der Waals surface area contributed by atoms with Gasteiger partial charge in [-0.1, -0.05) is 11.8 Å². The second-order valence-corrected chi connectivity index (χ2v) is 7.05. The van der Waals surface area contributed by atoms with Crippen molar-refractivity contribution in [3.63, 3.8) is 0 Å². The standard InChI is InChI=1S/C11H13N3O2S2/c1-14-7-8(6-13-14)17-11-4-3-9(5-10(11)12)18(2,15)16/h3-7H,12H2,1-2H3. The molecule has 2 rings (SSSR count). The molecule has 0 saturated carbocycles. The van der Waals surface area contributed by atoms with E-state index in [1.807, 2.05) is 13.2 Å². The predicted octanol–water partition coefficient (Wildman–Crippen LogP) is 1.56. The maximum absolute atomic E-state index is 11.4. The van der Waals surface area contributed by atoms with Gasteiger partial charge >= 0.3 is 0 Å². The van der Waals surface area contributed by atoms with Gasteiger partial charge < -0.3 is 5.73 Å². The lowest BCUT2D eigenvalue weighted by Gasteiger charge is -2.05. The second-order valence-electron chi connectivity index (χ2n) is 3.92. The molecular weight excluding hydrogens is 270 g/mol. The molecule has 0 aliphatic heterocycles. The molecule has 0 aliphatic rings. The molecule has 1 aromatic carbocycles. The number of aryl methyl sites for hydroxylation is 1. The zero-order valence-corrected chi connectivity index (χ0v) is 11.6. The first kappa shape index (κ1) is 13.0. The Hall–Kier alpha value is -1.47. The molecule has 0 bridgehead atoms. The van der Waals surface area contributed by atoms with Crippen LogP contribution in [0.25, 0.3) is 0 Å². The molecule has 0 spiro atoms. The summed E-state index contributed by atoms with van der Waals surface area (Å²) in [5.74, 6) is 0. The van der Waals surface area contributed by atoms with E-state index in [4.69, 9.17) is 5.73 Å². The average Bonchev–Trinajstić information content (AvgIpc) is 2.65. The van der Waals surface area contributed by atoms with E-state index < -0.39 is 9.84 Å². The summed E-state index contributed by atoms with van der Waals surface area (Å²) in [5, 5.41) is 4.06. The van der Waals surface area contributed by atoms with Gasteiger partial charge in [0.15, 0.2) is 9.84 Å². The highest BCUT2D eigenvalue weighted by Crippen LogP contribution is 2.32. The summed E-state index contributed by atoms with van der Waals surface area (Å²) in [4.78, 5) is 2.00. The van der Waals surface area contributed by atoms with Gasteiger partial charge in [-0.05, 0) is 18.2 Å². The van der Waals surface area contributed by atoms with Crippen LogP contribution in [0.4, 0.5) is 5.69 Å². The summed E-state index contributed by atoms with van der Waals surface area (Å²) in [5.41, 5.74) is 6.31. The summed E-state index contributed by atoms with van der Waals surface area (Å²) in [7, 11) is -1.38. The van der Waals surface area contributed by atoms with Gasteiger partial charge in [0, 0.05) is 30.1 Å². The van der Waals surface area contributed by atoms with Crippen molar-refractivity contribution in [1.29, 1.82) is 0 Å². The lowest BCUT2D eigenvalue weighted by Crippen LogP contribution is -1.99. The van der Waals surface area contributed by atoms with E-state index in [0.717, 1.165) is 16.0 Å². The number of hydrogen-bond acceptors (Lipinski definition) is 5. The van der Waals surface area contributed by atoms with Crippen molar-refractivity contribution in [1.82, 2.24) is 9.78 Å². The topological polar surface area (TPSA) is 78.0 Å². The van der Waals surface area contributed by atoms with Crippen LogP contribution in [0, 0.1) is 0 Å². The third kappa shape index (κ3) is 2.85. The van der Waals surface area contributed by atoms with Gasteiger partial charge in [-0.25, -0.2) is 8.42 Å². The van der Waals surface area contributed by atoms with Crippen LogP contribution in [0.2, 0.25) is 0 Å². The van der Waals surface area contributed by atoms with Gasteiger partial charge in [0.1, 0.15) is 0 Å². The lowest BCUT2D eigenvalue weighted by atomic mass is 10.3. The van der Waals surface area contributed by atoms with Crippen molar-refractivity contribution in [2.75, 3.05) is 12.0 Å². The first-order valence-electron chi connectivity index (χ1n) is 5.12. The summed E-state index contributed by atoms with van der Waals surface area (Å²) >= 11 is 1.45. The van der Waals surface area contributed by atoms with Gasteiger partial charge in [-0.3, -0.25) is 4.68 Å². The van der Waals surface area contributed by atoms with Gasteiger partial charge in [0.2, 0.25) is 0 Å². The number of hydrogen-bond donors (Lipinski definition) is 1. The van der Waals surface area contributed by atoms with E-state index in [1.54, 1.807) is 23.0 Å². The highest BCUT2D eigenvalue weighted by Gasteiger charge is 2.10. The maximum Gasteiger partial charge on any atom is 0.175 e.